The Morgan fingerprint density at radius 2 is 1.14 bits per heavy atom. The van der Waals surface area contributed by atoms with Gasteiger partial charge in [-0.15, -0.1) is 0 Å². The van der Waals surface area contributed by atoms with Crippen molar-refractivity contribution < 1.29 is 0 Å². The molecule has 4 N–H and O–H groups in total. The van der Waals surface area contributed by atoms with Crippen LogP contribution in [0.3, 0.4) is 0 Å². The Morgan fingerprint density at radius 3 is 1.86 bits per heavy atom. The summed E-state index contributed by atoms with van der Waals surface area (Å²) in [5, 5.41) is 0. The standard InChI is InChI=1S/C26H24N2/c1-17-6-3-8-19(14-17)22-10-5-11-23(24-16-21(27)12-13-25(24)28)26(22)20-9-4-7-18(2)15-20/h3-16H,27-28H2,1-2H3. The van der Waals surface area contributed by atoms with Crippen LogP contribution >= 0.6 is 0 Å². The van der Waals surface area contributed by atoms with E-state index in [1.54, 1.807) is 0 Å². The first-order chi connectivity index (χ1) is 13.5. The molecule has 2 nitrogen and oxygen atoms in total. The predicted octanol–water partition coefficient (Wildman–Crippen LogP) is 6.47. The SMILES string of the molecule is Cc1cccc(-c2cccc(-c3cc(N)ccc3N)c2-c2cccc(C)c2)c1. The van der Waals surface area contributed by atoms with Crippen LogP contribution in [0.5, 0.6) is 0 Å². The molecule has 0 saturated heterocycles. The zero-order valence-electron chi connectivity index (χ0n) is 16.2. The number of nitrogen functional groups attached to an aromatic ring is 2. The van der Waals surface area contributed by atoms with Crippen LogP contribution in [0, 0.1) is 13.8 Å². The summed E-state index contributed by atoms with van der Waals surface area (Å²) < 4.78 is 0. The first-order valence-corrected chi connectivity index (χ1v) is 9.45. The van der Waals surface area contributed by atoms with Gasteiger partial charge in [-0.3, -0.25) is 0 Å². The molecule has 4 aromatic carbocycles. The second-order valence-corrected chi connectivity index (χ2v) is 7.31. The molecule has 138 valence electrons. The van der Waals surface area contributed by atoms with Gasteiger partial charge >= 0.3 is 0 Å². The molecule has 0 aliphatic rings. The molecule has 0 fully saturated rings. The van der Waals surface area contributed by atoms with Crippen LogP contribution in [-0.4, -0.2) is 0 Å². The fourth-order valence-corrected chi connectivity index (χ4v) is 3.75. The minimum atomic E-state index is 0.709. The summed E-state index contributed by atoms with van der Waals surface area (Å²) in [6.07, 6.45) is 0. The molecular formula is C26H24N2. The molecule has 0 bridgehead atoms. The van der Waals surface area contributed by atoms with Crippen LogP contribution in [0.1, 0.15) is 11.1 Å². The van der Waals surface area contributed by atoms with Gasteiger partial charge in [0.05, 0.1) is 0 Å². The number of aryl methyl sites for hydroxylation is 2. The summed E-state index contributed by atoms with van der Waals surface area (Å²) in [5.41, 5.74) is 23.1. The summed E-state index contributed by atoms with van der Waals surface area (Å²) in [6, 6.07) is 29.3. The van der Waals surface area contributed by atoms with Gasteiger partial charge in [-0.1, -0.05) is 77.9 Å². The quantitative estimate of drug-likeness (QED) is 0.409. The van der Waals surface area contributed by atoms with Crippen LogP contribution in [-0.2, 0) is 0 Å². The average Bonchev–Trinajstić information content (AvgIpc) is 2.69. The third-order valence-electron chi connectivity index (χ3n) is 5.07. The maximum Gasteiger partial charge on any atom is 0.0395 e. The number of nitrogens with two attached hydrogens (primary N) is 2. The Morgan fingerprint density at radius 1 is 0.536 bits per heavy atom. The first-order valence-electron chi connectivity index (χ1n) is 9.45. The van der Waals surface area contributed by atoms with E-state index in [0.717, 1.165) is 16.8 Å². The molecule has 0 atom stereocenters. The molecule has 0 amide bonds. The van der Waals surface area contributed by atoms with Gasteiger partial charge in [0.15, 0.2) is 0 Å². The molecule has 0 aliphatic carbocycles. The van der Waals surface area contributed by atoms with E-state index in [4.69, 9.17) is 11.5 Å². The Labute approximate surface area is 166 Å². The fraction of sp³-hybridized carbons (Fsp3) is 0.0769. The zero-order valence-corrected chi connectivity index (χ0v) is 16.2. The maximum atomic E-state index is 6.36. The number of hydrogen-bond donors (Lipinski definition) is 2. The lowest BCUT2D eigenvalue weighted by Crippen LogP contribution is -1.96. The van der Waals surface area contributed by atoms with Crippen molar-refractivity contribution in [1.82, 2.24) is 0 Å². The minimum Gasteiger partial charge on any atom is -0.399 e. The Bertz CT molecular complexity index is 1160. The summed E-state index contributed by atoms with van der Waals surface area (Å²) in [6.45, 7) is 4.24. The van der Waals surface area contributed by atoms with Gasteiger partial charge in [0, 0.05) is 16.9 Å². The summed E-state index contributed by atoms with van der Waals surface area (Å²) in [4.78, 5) is 0. The molecule has 28 heavy (non-hydrogen) atoms. The van der Waals surface area contributed by atoms with Gasteiger partial charge in [-0.25, -0.2) is 0 Å². The second kappa shape index (κ2) is 7.24. The van der Waals surface area contributed by atoms with E-state index in [-0.39, 0.29) is 0 Å². The lowest BCUT2D eigenvalue weighted by Gasteiger charge is -2.18. The van der Waals surface area contributed by atoms with Crippen molar-refractivity contribution in [3.8, 4) is 33.4 Å². The van der Waals surface area contributed by atoms with Crippen LogP contribution in [0.25, 0.3) is 33.4 Å². The maximum absolute atomic E-state index is 6.36. The van der Waals surface area contributed by atoms with Gasteiger partial charge in [-0.05, 0) is 59.9 Å². The number of anilines is 2. The predicted molar refractivity (Wildman–Crippen MR) is 121 cm³/mol. The summed E-state index contributed by atoms with van der Waals surface area (Å²) in [7, 11) is 0. The Balaban J connectivity index is 2.07. The molecule has 0 spiro atoms. The molecule has 4 aromatic rings. The fourth-order valence-electron chi connectivity index (χ4n) is 3.75. The van der Waals surface area contributed by atoms with Gasteiger partial charge < -0.3 is 11.5 Å². The lowest BCUT2D eigenvalue weighted by molar-refractivity contribution is 1.45. The second-order valence-electron chi connectivity index (χ2n) is 7.31. The van der Waals surface area contributed by atoms with Gasteiger partial charge in [0.2, 0.25) is 0 Å². The smallest absolute Gasteiger partial charge is 0.0395 e. The minimum absolute atomic E-state index is 0.709. The topological polar surface area (TPSA) is 52.0 Å². The van der Waals surface area contributed by atoms with Crippen LogP contribution < -0.4 is 11.5 Å². The molecule has 0 saturated carbocycles. The van der Waals surface area contributed by atoms with Crippen molar-refractivity contribution in [1.29, 1.82) is 0 Å². The van der Waals surface area contributed by atoms with Crippen molar-refractivity contribution in [2.24, 2.45) is 0 Å². The molecule has 0 unspecified atom stereocenters. The Hall–Kier alpha value is -3.52. The molecule has 4 rings (SSSR count). The number of hydrogen-bond acceptors (Lipinski definition) is 2. The van der Waals surface area contributed by atoms with Gasteiger partial charge in [-0.2, -0.15) is 0 Å². The Kier molecular flexibility index (Phi) is 4.62. The summed E-state index contributed by atoms with van der Waals surface area (Å²) >= 11 is 0. The molecule has 0 radical (unpaired) electrons. The van der Waals surface area contributed by atoms with Crippen molar-refractivity contribution in [3.05, 3.63) is 96.1 Å². The molecular weight excluding hydrogens is 340 g/mol. The normalized spacial score (nSPS) is 10.8. The molecule has 2 heteroatoms. The molecule has 0 aromatic heterocycles. The molecule has 0 heterocycles. The summed E-state index contributed by atoms with van der Waals surface area (Å²) in [5.74, 6) is 0. The zero-order chi connectivity index (χ0) is 19.7. The average molecular weight is 364 g/mol. The van der Waals surface area contributed by atoms with Crippen molar-refractivity contribution in [2.45, 2.75) is 13.8 Å². The van der Waals surface area contributed by atoms with Crippen molar-refractivity contribution >= 4 is 11.4 Å². The van der Waals surface area contributed by atoms with Crippen LogP contribution in [0.15, 0.2) is 84.9 Å². The van der Waals surface area contributed by atoms with E-state index in [0.29, 0.717) is 5.69 Å². The lowest BCUT2D eigenvalue weighted by atomic mass is 9.86. The van der Waals surface area contributed by atoms with E-state index in [1.807, 2.05) is 18.2 Å². The highest BCUT2D eigenvalue weighted by Crippen LogP contribution is 2.42. The van der Waals surface area contributed by atoms with E-state index >= 15 is 0 Å². The van der Waals surface area contributed by atoms with Crippen LogP contribution in [0.2, 0.25) is 0 Å². The third kappa shape index (κ3) is 3.37. The first kappa shape index (κ1) is 17.9. The number of benzene rings is 4. The highest BCUT2D eigenvalue weighted by Gasteiger charge is 2.16. The highest BCUT2D eigenvalue weighted by molar-refractivity contribution is 5.97. The highest BCUT2D eigenvalue weighted by atomic mass is 14.6. The van der Waals surface area contributed by atoms with Crippen molar-refractivity contribution in [3.63, 3.8) is 0 Å². The largest absolute Gasteiger partial charge is 0.399 e. The van der Waals surface area contributed by atoms with Gasteiger partial charge in [0.25, 0.3) is 0 Å². The monoisotopic (exact) mass is 364 g/mol. The van der Waals surface area contributed by atoms with E-state index in [2.05, 4.69) is 80.6 Å². The number of rotatable bonds is 3. The van der Waals surface area contributed by atoms with E-state index in [9.17, 15) is 0 Å². The van der Waals surface area contributed by atoms with E-state index < -0.39 is 0 Å². The van der Waals surface area contributed by atoms with E-state index in [1.165, 1.54) is 33.4 Å². The third-order valence-corrected chi connectivity index (χ3v) is 5.07. The molecule has 0 aliphatic heterocycles. The van der Waals surface area contributed by atoms with Crippen molar-refractivity contribution in [2.75, 3.05) is 11.5 Å². The van der Waals surface area contributed by atoms with Gasteiger partial charge in [0.1, 0.15) is 0 Å². The van der Waals surface area contributed by atoms with Crippen LogP contribution in [0.4, 0.5) is 11.4 Å².